The normalized spacial score (nSPS) is 29.9. The Bertz CT molecular complexity index is 1880. The zero-order chi connectivity index (χ0) is 38.1. The summed E-state index contributed by atoms with van der Waals surface area (Å²) in [6.45, 7) is -1.15. The van der Waals surface area contributed by atoms with E-state index < -0.39 is 104 Å². The molecule has 53 heavy (non-hydrogen) atoms. The Kier molecular flexibility index (Phi) is 10.8. The first-order chi connectivity index (χ1) is 25.2. The van der Waals surface area contributed by atoms with Crippen LogP contribution in [0.15, 0.2) is 60.4 Å². The molecule has 3 heterocycles. The average molecular weight is 745 g/mol. The van der Waals surface area contributed by atoms with E-state index in [1.807, 2.05) is 0 Å². The van der Waals surface area contributed by atoms with E-state index in [4.69, 9.17) is 28.4 Å². The summed E-state index contributed by atoms with van der Waals surface area (Å²) >= 11 is 0. The Morgan fingerprint density at radius 2 is 1.49 bits per heavy atom. The van der Waals surface area contributed by atoms with Crippen molar-refractivity contribution in [2.24, 2.45) is 0 Å². The minimum absolute atomic E-state index is 0.0214. The van der Waals surface area contributed by atoms with E-state index in [0.29, 0.717) is 5.56 Å². The number of aromatic hydroxyl groups is 6. The summed E-state index contributed by atoms with van der Waals surface area (Å²) < 4.78 is 34.5. The number of carbonyl (C=O) groups excluding carboxylic acids is 1. The molecule has 0 bridgehead atoms. The minimum atomic E-state index is -1.92. The van der Waals surface area contributed by atoms with Gasteiger partial charge in [0.15, 0.2) is 41.5 Å². The maximum Gasteiger partial charge on any atom is 0.330 e. The second kappa shape index (κ2) is 15.3. The monoisotopic (exact) mass is 744 g/mol. The number of rotatable bonds is 9. The van der Waals surface area contributed by atoms with E-state index in [1.165, 1.54) is 42.5 Å². The van der Waals surface area contributed by atoms with Crippen molar-refractivity contribution in [2.45, 2.75) is 61.4 Å². The summed E-state index contributed by atoms with van der Waals surface area (Å²) in [6, 6.07) is 9.71. The molecule has 6 rings (SSSR count). The first kappa shape index (κ1) is 37.4. The van der Waals surface area contributed by atoms with Gasteiger partial charge in [-0.25, -0.2) is 4.79 Å². The van der Waals surface area contributed by atoms with Gasteiger partial charge >= 0.3 is 5.97 Å². The molecule has 0 aliphatic carbocycles. The first-order valence-electron chi connectivity index (χ1n) is 16.0. The fourth-order valence-corrected chi connectivity index (χ4v) is 5.77. The summed E-state index contributed by atoms with van der Waals surface area (Å²) in [5.74, 6) is -3.71. The lowest BCUT2D eigenvalue weighted by Gasteiger charge is -2.45. The van der Waals surface area contributed by atoms with Gasteiger partial charge in [0.25, 0.3) is 0 Å². The van der Waals surface area contributed by atoms with Gasteiger partial charge in [-0.1, -0.05) is 12.1 Å². The van der Waals surface area contributed by atoms with Crippen molar-refractivity contribution in [1.82, 2.24) is 0 Å². The molecular formula is C35H36O18. The molecule has 2 fully saturated rings. The van der Waals surface area contributed by atoms with Crippen molar-refractivity contribution >= 4 is 18.1 Å². The standard InChI is InChI=1S/C35H36O18/c36-16-9-20(39)17-11-25(32(50-24(17)10-16)15-3-5-19(38)22(41)8-15)51-35-33(53-34-31(47)28(44)23(42)12-49-34)30(46)29(45)26(52-35)13-48-27(43)6-2-14-1-4-18(37)21(40)7-14/h1-11,23,26,28-42,44-47H,12-13H2/b6-2+/t23-,26+,28-,29+,30-,31-,32?,33+,34-,35+/m0/s1. The molecule has 1 unspecified atom stereocenters. The maximum absolute atomic E-state index is 12.6. The number of aliphatic hydroxyl groups excluding tert-OH is 5. The number of esters is 1. The highest BCUT2D eigenvalue weighted by Crippen LogP contribution is 2.45. The SMILES string of the molecule is O=C(/C=C/c1ccc(O)c(O)c1)OC[C@H]1O[C@@H](OC2=Cc3c(O)cc(O)cc3OC2c2ccc(O)c(O)c2)[C@H](O[C@@H]2OC[C@H](O)[C@H](O)[C@@H]2O)[C@@H](O)[C@@H]1O. The molecule has 3 aliphatic rings. The van der Waals surface area contributed by atoms with Gasteiger partial charge in [-0.3, -0.25) is 0 Å². The second-order valence-corrected chi connectivity index (χ2v) is 12.4. The van der Waals surface area contributed by atoms with Gasteiger partial charge in [0, 0.05) is 23.8 Å². The molecular weight excluding hydrogens is 708 g/mol. The van der Waals surface area contributed by atoms with Crippen LogP contribution in [0.25, 0.3) is 12.2 Å². The number of aliphatic hydroxyl groups is 5. The maximum atomic E-state index is 12.6. The molecule has 0 amide bonds. The number of phenolic OH excluding ortho intramolecular Hbond substituents is 6. The van der Waals surface area contributed by atoms with Crippen molar-refractivity contribution in [1.29, 1.82) is 0 Å². The Morgan fingerprint density at radius 1 is 0.774 bits per heavy atom. The fourth-order valence-electron chi connectivity index (χ4n) is 5.77. The summed E-state index contributed by atoms with van der Waals surface area (Å²) in [5.41, 5.74) is 0.534. The van der Waals surface area contributed by atoms with Crippen molar-refractivity contribution in [3.05, 3.63) is 77.1 Å². The van der Waals surface area contributed by atoms with Gasteiger partial charge < -0.3 is 84.6 Å². The van der Waals surface area contributed by atoms with Crippen LogP contribution in [0, 0.1) is 0 Å². The molecule has 18 heteroatoms. The van der Waals surface area contributed by atoms with Gasteiger partial charge in [0.2, 0.25) is 6.29 Å². The number of hydrogen-bond acceptors (Lipinski definition) is 18. The van der Waals surface area contributed by atoms with Crippen LogP contribution in [0.2, 0.25) is 0 Å². The third kappa shape index (κ3) is 8.04. The van der Waals surface area contributed by atoms with Crippen LogP contribution in [0.4, 0.5) is 0 Å². The lowest BCUT2D eigenvalue weighted by Crippen LogP contribution is -2.63. The van der Waals surface area contributed by atoms with Crippen molar-refractivity contribution < 1.29 is 89.4 Å². The van der Waals surface area contributed by atoms with Gasteiger partial charge in [-0.2, -0.15) is 0 Å². The highest BCUT2D eigenvalue weighted by Gasteiger charge is 2.51. The van der Waals surface area contributed by atoms with Gasteiger partial charge in [-0.15, -0.1) is 0 Å². The Morgan fingerprint density at radius 3 is 2.21 bits per heavy atom. The lowest BCUT2D eigenvalue weighted by atomic mass is 9.97. The predicted molar refractivity (Wildman–Crippen MR) is 175 cm³/mol. The van der Waals surface area contributed by atoms with E-state index in [2.05, 4.69) is 0 Å². The molecule has 18 nitrogen and oxygen atoms in total. The zero-order valence-corrected chi connectivity index (χ0v) is 27.3. The van der Waals surface area contributed by atoms with Crippen molar-refractivity contribution in [2.75, 3.05) is 13.2 Å². The van der Waals surface area contributed by atoms with E-state index in [1.54, 1.807) is 0 Å². The van der Waals surface area contributed by atoms with E-state index >= 15 is 0 Å². The lowest BCUT2D eigenvalue weighted by molar-refractivity contribution is -0.352. The quantitative estimate of drug-likeness (QED) is 0.0777. The van der Waals surface area contributed by atoms with Crippen LogP contribution in [-0.2, 0) is 28.5 Å². The summed E-state index contributed by atoms with van der Waals surface area (Å²) in [5, 5.41) is 113. The van der Waals surface area contributed by atoms with E-state index in [9.17, 15) is 61.0 Å². The summed E-state index contributed by atoms with van der Waals surface area (Å²) in [4.78, 5) is 12.6. The van der Waals surface area contributed by atoms with E-state index in [-0.39, 0.29) is 34.1 Å². The average Bonchev–Trinajstić information content (AvgIpc) is 3.12. The molecule has 0 aromatic heterocycles. The zero-order valence-electron chi connectivity index (χ0n) is 27.3. The number of hydrogen-bond donors (Lipinski definition) is 11. The number of phenols is 6. The van der Waals surface area contributed by atoms with Gasteiger partial charge in [0.1, 0.15) is 66.2 Å². The molecule has 284 valence electrons. The predicted octanol–water partition coefficient (Wildman–Crippen LogP) is -0.0611. The molecule has 0 radical (unpaired) electrons. The molecule has 0 spiro atoms. The third-order valence-corrected chi connectivity index (χ3v) is 8.64. The number of benzene rings is 3. The van der Waals surface area contributed by atoms with Crippen LogP contribution in [-0.4, -0.2) is 131 Å². The molecule has 3 aromatic carbocycles. The van der Waals surface area contributed by atoms with Crippen LogP contribution in [0.5, 0.6) is 40.2 Å². The third-order valence-electron chi connectivity index (χ3n) is 8.64. The minimum Gasteiger partial charge on any atom is -0.508 e. The molecule has 0 saturated carbocycles. The van der Waals surface area contributed by atoms with Crippen LogP contribution < -0.4 is 4.74 Å². The molecule has 2 saturated heterocycles. The fraction of sp³-hybridized carbons (Fsp3) is 0.343. The topological polar surface area (TPSA) is 295 Å². The smallest absolute Gasteiger partial charge is 0.330 e. The Hall–Kier alpha value is -5.31. The molecule has 10 atom stereocenters. The van der Waals surface area contributed by atoms with Crippen LogP contribution in [0.3, 0.4) is 0 Å². The molecule has 11 N–H and O–H groups in total. The van der Waals surface area contributed by atoms with Crippen LogP contribution >= 0.6 is 0 Å². The summed E-state index contributed by atoms with van der Waals surface area (Å²) in [7, 11) is 0. The van der Waals surface area contributed by atoms with Crippen molar-refractivity contribution in [3.63, 3.8) is 0 Å². The van der Waals surface area contributed by atoms with E-state index in [0.717, 1.165) is 24.3 Å². The Labute approximate surface area is 299 Å². The highest BCUT2D eigenvalue weighted by atomic mass is 16.8. The number of carbonyl (C=O) groups is 1. The van der Waals surface area contributed by atoms with Crippen molar-refractivity contribution in [3.8, 4) is 40.2 Å². The largest absolute Gasteiger partial charge is 0.508 e. The Balaban J connectivity index is 1.30. The van der Waals surface area contributed by atoms with Crippen LogP contribution in [0.1, 0.15) is 22.8 Å². The molecule has 3 aromatic rings. The van der Waals surface area contributed by atoms with Gasteiger partial charge in [-0.05, 0) is 42.0 Å². The number of ether oxygens (including phenoxy) is 6. The summed E-state index contributed by atoms with van der Waals surface area (Å²) in [6.07, 6.45) is -13.3. The number of fused-ring (bicyclic) bond motifs is 1. The first-order valence-corrected chi connectivity index (χ1v) is 16.0. The highest BCUT2D eigenvalue weighted by molar-refractivity contribution is 5.87. The molecule has 3 aliphatic heterocycles. The van der Waals surface area contributed by atoms with Gasteiger partial charge in [0.05, 0.1) is 12.2 Å². The second-order valence-electron chi connectivity index (χ2n) is 12.4.